The summed E-state index contributed by atoms with van der Waals surface area (Å²) < 4.78 is 5.11. The number of phenols is 1. The smallest absolute Gasteiger partial charge is 0.338 e. The Morgan fingerprint density at radius 2 is 1.21 bits per heavy atom. The fourth-order valence-electron chi connectivity index (χ4n) is 2.22. The highest BCUT2D eigenvalue weighted by atomic mass is 16.5. The summed E-state index contributed by atoms with van der Waals surface area (Å²) in [6.45, 7) is 6.37. The average molecular weight is 411 g/mol. The number of benzene rings is 1. The quantitative estimate of drug-likeness (QED) is 0.351. The Balaban J connectivity index is 0.000000543. The van der Waals surface area contributed by atoms with E-state index >= 15 is 0 Å². The van der Waals surface area contributed by atoms with Gasteiger partial charge < -0.3 is 20.1 Å². The van der Waals surface area contributed by atoms with Crippen molar-refractivity contribution < 1.29 is 34.4 Å². The summed E-state index contributed by atoms with van der Waals surface area (Å²) in [5.41, 5.74) is 0.420. The Kier molecular flexibility index (Phi) is 13.2. The van der Waals surface area contributed by atoms with Crippen LogP contribution in [-0.4, -0.2) is 39.8 Å². The molecule has 29 heavy (non-hydrogen) atoms. The SMILES string of the molecule is CC(C)(C)COC(=O)c1ccc(O)cc1.O=C(O)CCCCCCCCC(=O)O. The van der Waals surface area contributed by atoms with Gasteiger partial charge in [0.15, 0.2) is 0 Å². The van der Waals surface area contributed by atoms with Crippen LogP contribution in [0.5, 0.6) is 5.75 Å². The van der Waals surface area contributed by atoms with Crippen molar-refractivity contribution in [2.45, 2.75) is 72.1 Å². The van der Waals surface area contributed by atoms with Gasteiger partial charge in [-0.2, -0.15) is 0 Å². The van der Waals surface area contributed by atoms with E-state index in [1.807, 2.05) is 20.8 Å². The first-order chi connectivity index (χ1) is 13.5. The first kappa shape index (κ1) is 26.4. The van der Waals surface area contributed by atoms with Crippen molar-refractivity contribution in [3.8, 4) is 5.75 Å². The summed E-state index contributed by atoms with van der Waals surface area (Å²) in [5.74, 6) is -1.70. The number of carbonyl (C=O) groups excluding carboxylic acids is 1. The molecule has 0 atom stereocenters. The second kappa shape index (κ2) is 14.4. The lowest BCUT2D eigenvalue weighted by Gasteiger charge is -2.17. The van der Waals surface area contributed by atoms with Crippen LogP contribution in [0.2, 0.25) is 0 Å². The molecule has 0 saturated heterocycles. The molecule has 0 spiro atoms. The molecule has 0 aliphatic carbocycles. The number of aromatic hydroxyl groups is 1. The average Bonchev–Trinajstić information content (AvgIpc) is 2.62. The van der Waals surface area contributed by atoms with Crippen molar-refractivity contribution in [3.63, 3.8) is 0 Å². The molecule has 1 aromatic carbocycles. The van der Waals surface area contributed by atoms with Crippen molar-refractivity contribution in [2.24, 2.45) is 5.41 Å². The highest BCUT2D eigenvalue weighted by molar-refractivity contribution is 5.89. The Hall–Kier alpha value is -2.57. The van der Waals surface area contributed by atoms with Crippen LogP contribution in [0.1, 0.15) is 82.5 Å². The lowest BCUT2D eigenvalue weighted by atomic mass is 9.99. The predicted molar refractivity (Wildman–Crippen MR) is 110 cm³/mol. The van der Waals surface area contributed by atoms with Crippen LogP contribution in [0, 0.1) is 5.41 Å². The Morgan fingerprint density at radius 1 is 0.793 bits per heavy atom. The van der Waals surface area contributed by atoms with E-state index in [1.165, 1.54) is 12.1 Å². The number of unbranched alkanes of at least 4 members (excludes halogenated alkanes) is 5. The molecule has 7 heteroatoms. The first-order valence-corrected chi connectivity index (χ1v) is 9.91. The lowest BCUT2D eigenvalue weighted by molar-refractivity contribution is -0.138. The Bertz CT molecular complexity index is 595. The van der Waals surface area contributed by atoms with E-state index in [2.05, 4.69) is 0 Å². The number of carboxylic acid groups (broad SMARTS) is 2. The van der Waals surface area contributed by atoms with Crippen LogP contribution in [0.3, 0.4) is 0 Å². The van der Waals surface area contributed by atoms with Gasteiger partial charge in [-0.1, -0.05) is 46.5 Å². The third kappa shape index (κ3) is 17.3. The van der Waals surface area contributed by atoms with E-state index in [1.54, 1.807) is 12.1 Å². The van der Waals surface area contributed by atoms with Gasteiger partial charge in [-0.05, 0) is 42.5 Å². The second-order valence-corrected chi connectivity index (χ2v) is 8.09. The molecule has 0 heterocycles. The maximum atomic E-state index is 11.5. The van der Waals surface area contributed by atoms with Gasteiger partial charge in [-0.25, -0.2) is 4.79 Å². The number of esters is 1. The van der Waals surface area contributed by atoms with E-state index in [-0.39, 0.29) is 30.0 Å². The topological polar surface area (TPSA) is 121 Å². The van der Waals surface area contributed by atoms with Gasteiger partial charge in [-0.15, -0.1) is 0 Å². The van der Waals surface area contributed by atoms with Crippen molar-refractivity contribution >= 4 is 17.9 Å². The standard InChI is InChI=1S/C12H16O3.C10H18O4/c1-12(2,3)8-15-11(14)9-4-6-10(13)7-5-9;11-9(12)7-5-3-1-2-4-6-8-10(13)14/h4-7,13H,8H2,1-3H3;1-8H2,(H,11,12)(H,13,14). The minimum absolute atomic E-state index is 0.0351. The number of phenolic OH excluding ortho intramolecular Hbond substituents is 1. The molecule has 0 saturated carbocycles. The first-order valence-electron chi connectivity index (χ1n) is 9.91. The number of hydrogen-bond donors (Lipinski definition) is 3. The van der Waals surface area contributed by atoms with Crippen LogP contribution < -0.4 is 0 Å². The van der Waals surface area contributed by atoms with E-state index in [0.717, 1.165) is 38.5 Å². The number of rotatable bonds is 11. The van der Waals surface area contributed by atoms with Gasteiger partial charge in [-0.3, -0.25) is 9.59 Å². The fourth-order valence-corrected chi connectivity index (χ4v) is 2.22. The van der Waals surface area contributed by atoms with E-state index in [4.69, 9.17) is 20.1 Å². The van der Waals surface area contributed by atoms with E-state index in [9.17, 15) is 14.4 Å². The molecule has 164 valence electrons. The van der Waals surface area contributed by atoms with Crippen LogP contribution in [0.4, 0.5) is 0 Å². The van der Waals surface area contributed by atoms with E-state index in [0.29, 0.717) is 12.2 Å². The minimum atomic E-state index is -0.740. The molecule has 0 bridgehead atoms. The van der Waals surface area contributed by atoms with Gasteiger partial charge in [0.2, 0.25) is 0 Å². The molecule has 0 radical (unpaired) electrons. The number of carboxylic acids is 2. The molecule has 0 aromatic heterocycles. The Morgan fingerprint density at radius 3 is 1.59 bits per heavy atom. The number of hydrogen-bond acceptors (Lipinski definition) is 5. The Labute approximate surface area is 172 Å². The summed E-state index contributed by atoms with van der Waals surface area (Å²) in [6, 6.07) is 6.02. The van der Waals surface area contributed by atoms with Gasteiger partial charge in [0.1, 0.15) is 5.75 Å². The zero-order chi connectivity index (χ0) is 22.3. The van der Waals surface area contributed by atoms with Crippen LogP contribution >= 0.6 is 0 Å². The van der Waals surface area contributed by atoms with Gasteiger partial charge in [0.05, 0.1) is 12.2 Å². The highest BCUT2D eigenvalue weighted by Gasteiger charge is 2.14. The third-order valence-electron chi connectivity index (χ3n) is 3.77. The molecule has 0 fully saturated rings. The zero-order valence-corrected chi connectivity index (χ0v) is 17.6. The van der Waals surface area contributed by atoms with E-state index < -0.39 is 11.9 Å². The molecule has 1 rings (SSSR count). The largest absolute Gasteiger partial charge is 0.508 e. The summed E-state index contributed by atoms with van der Waals surface area (Å²) >= 11 is 0. The highest BCUT2D eigenvalue weighted by Crippen LogP contribution is 2.15. The van der Waals surface area contributed by atoms with Gasteiger partial charge in [0, 0.05) is 12.8 Å². The summed E-state index contributed by atoms with van der Waals surface area (Å²) in [6.07, 6.45) is 5.82. The van der Waals surface area contributed by atoms with Crippen molar-refractivity contribution in [2.75, 3.05) is 6.61 Å². The molecule has 3 N–H and O–H groups in total. The lowest BCUT2D eigenvalue weighted by Crippen LogP contribution is -2.18. The van der Waals surface area contributed by atoms with Crippen LogP contribution in [0.15, 0.2) is 24.3 Å². The molecule has 7 nitrogen and oxygen atoms in total. The molecule has 0 amide bonds. The second-order valence-electron chi connectivity index (χ2n) is 8.09. The summed E-state index contributed by atoms with van der Waals surface area (Å²) in [4.78, 5) is 31.8. The number of ether oxygens (including phenoxy) is 1. The zero-order valence-electron chi connectivity index (χ0n) is 17.6. The number of aliphatic carboxylic acids is 2. The fraction of sp³-hybridized carbons (Fsp3) is 0.591. The van der Waals surface area contributed by atoms with Crippen molar-refractivity contribution in [1.82, 2.24) is 0 Å². The number of carbonyl (C=O) groups is 3. The molecule has 0 unspecified atom stereocenters. The van der Waals surface area contributed by atoms with Gasteiger partial charge in [0.25, 0.3) is 0 Å². The molecular formula is C22H34O7. The predicted octanol–water partition coefficient (Wildman–Crippen LogP) is 4.87. The minimum Gasteiger partial charge on any atom is -0.508 e. The van der Waals surface area contributed by atoms with Crippen molar-refractivity contribution in [1.29, 1.82) is 0 Å². The monoisotopic (exact) mass is 410 g/mol. The maximum Gasteiger partial charge on any atom is 0.338 e. The molecular weight excluding hydrogens is 376 g/mol. The van der Waals surface area contributed by atoms with Crippen LogP contribution in [0.25, 0.3) is 0 Å². The van der Waals surface area contributed by atoms with Crippen LogP contribution in [-0.2, 0) is 14.3 Å². The normalized spacial score (nSPS) is 10.6. The molecule has 1 aromatic rings. The molecule has 0 aliphatic heterocycles. The molecule has 0 aliphatic rings. The maximum absolute atomic E-state index is 11.5. The van der Waals surface area contributed by atoms with Crippen molar-refractivity contribution in [3.05, 3.63) is 29.8 Å². The van der Waals surface area contributed by atoms with Gasteiger partial charge >= 0.3 is 17.9 Å². The summed E-state index contributed by atoms with van der Waals surface area (Å²) in [7, 11) is 0. The summed E-state index contributed by atoms with van der Waals surface area (Å²) in [5, 5.41) is 25.7. The third-order valence-corrected chi connectivity index (χ3v) is 3.77.